The van der Waals surface area contributed by atoms with Gasteiger partial charge >= 0.3 is 0 Å². The number of carbonyl (C=O) groups excluding carboxylic acids is 1. The van der Waals surface area contributed by atoms with Crippen molar-refractivity contribution < 1.29 is 9.53 Å². The highest BCUT2D eigenvalue weighted by Gasteiger charge is 2.15. The molecule has 3 N–H and O–H groups in total. The first-order valence-electron chi connectivity index (χ1n) is 7.07. The number of benzene rings is 1. The third-order valence-electron chi connectivity index (χ3n) is 3.50. The van der Waals surface area contributed by atoms with Gasteiger partial charge in [-0.1, -0.05) is 23.8 Å². The number of halogens is 1. The molecule has 1 heterocycles. The molecular weight excluding hydrogens is 308 g/mol. The summed E-state index contributed by atoms with van der Waals surface area (Å²) >= 11 is 11.0. The van der Waals surface area contributed by atoms with Crippen LogP contribution >= 0.6 is 23.8 Å². The van der Waals surface area contributed by atoms with E-state index in [0.29, 0.717) is 22.7 Å². The molecule has 0 radical (unpaired) electrons. The quantitative estimate of drug-likeness (QED) is 0.815. The molecule has 4 nitrogen and oxygen atoms in total. The van der Waals surface area contributed by atoms with Gasteiger partial charge in [0, 0.05) is 18.6 Å². The van der Waals surface area contributed by atoms with Crippen molar-refractivity contribution in [2.45, 2.75) is 38.2 Å². The van der Waals surface area contributed by atoms with Crippen LogP contribution in [0.2, 0.25) is 5.02 Å². The van der Waals surface area contributed by atoms with Crippen molar-refractivity contribution in [3.05, 3.63) is 28.8 Å². The lowest BCUT2D eigenvalue weighted by Gasteiger charge is -2.22. The number of hydrogen-bond donors (Lipinski definition) is 2. The maximum absolute atomic E-state index is 12.0. The van der Waals surface area contributed by atoms with Gasteiger partial charge < -0.3 is 15.8 Å². The van der Waals surface area contributed by atoms with Crippen LogP contribution in [0.4, 0.5) is 5.69 Å². The zero-order valence-electron chi connectivity index (χ0n) is 11.7. The highest BCUT2D eigenvalue weighted by molar-refractivity contribution is 7.80. The molecule has 1 aromatic rings. The Balaban J connectivity index is 1.85. The normalized spacial score (nSPS) is 18.2. The summed E-state index contributed by atoms with van der Waals surface area (Å²) in [5.41, 5.74) is 6.79. The lowest BCUT2D eigenvalue weighted by molar-refractivity contribution is -0.117. The van der Waals surface area contributed by atoms with E-state index in [1.807, 2.05) is 0 Å². The zero-order chi connectivity index (χ0) is 15.2. The molecule has 1 unspecified atom stereocenters. The van der Waals surface area contributed by atoms with E-state index in [9.17, 15) is 4.79 Å². The van der Waals surface area contributed by atoms with Gasteiger partial charge in [-0.2, -0.15) is 0 Å². The summed E-state index contributed by atoms with van der Waals surface area (Å²) in [4.78, 5) is 12.2. The standard InChI is InChI=1S/C15H19ClN2O2S/c16-12-9-10(15(17)21)4-6-13(12)18-14(19)7-5-11-3-1-2-8-20-11/h4,6,9,11H,1-3,5,7-8H2,(H2,17,21)(H,18,19). The van der Waals surface area contributed by atoms with Crippen molar-refractivity contribution in [1.29, 1.82) is 0 Å². The number of rotatable bonds is 5. The minimum absolute atomic E-state index is 0.0610. The second-order valence-corrected chi connectivity index (χ2v) is 5.98. The Morgan fingerprint density at radius 2 is 2.29 bits per heavy atom. The van der Waals surface area contributed by atoms with Crippen LogP contribution in [0.3, 0.4) is 0 Å². The Morgan fingerprint density at radius 1 is 1.48 bits per heavy atom. The molecule has 1 aromatic carbocycles. The van der Waals surface area contributed by atoms with Gasteiger partial charge in [-0.25, -0.2) is 0 Å². The molecule has 1 atom stereocenters. The van der Waals surface area contributed by atoms with E-state index in [1.165, 1.54) is 6.42 Å². The predicted molar refractivity (Wildman–Crippen MR) is 88.8 cm³/mol. The fourth-order valence-corrected chi connectivity index (χ4v) is 2.66. The highest BCUT2D eigenvalue weighted by Crippen LogP contribution is 2.24. The second kappa shape index (κ2) is 7.73. The van der Waals surface area contributed by atoms with Gasteiger partial charge in [-0.05, 0) is 43.9 Å². The third-order valence-corrected chi connectivity index (χ3v) is 4.04. The van der Waals surface area contributed by atoms with Crippen LogP contribution < -0.4 is 11.1 Å². The summed E-state index contributed by atoms with van der Waals surface area (Å²) < 4.78 is 5.61. The molecule has 0 spiro atoms. The Kier molecular flexibility index (Phi) is 5.96. The highest BCUT2D eigenvalue weighted by atomic mass is 35.5. The minimum atomic E-state index is -0.0610. The minimum Gasteiger partial charge on any atom is -0.389 e. The summed E-state index contributed by atoms with van der Waals surface area (Å²) in [6.07, 6.45) is 4.71. The van der Waals surface area contributed by atoms with Gasteiger partial charge in [-0.3, -0.25) is 4.79 Å². The van der Waals surface area contributed by atoms with Gasteiger partial charge in [0.25, 0.3) is 0 Å². The molecule has 2 rings (SSSR count). The molecule has 1 aliphatic rings. The number of ether oxygens (including phenoxy) is 1. The topological polar surface area (TPSA) is 64.3 Å². The number of nitrogens with one attached hydrogen (secondary N) is 1. The number of nitrogens with two attached hydrogens (primary N) is 1. The number of amides is 1. The van der Waals surface area contributed by atoms with Gasteiger partial charge in [0.05, 0.1) is 16.8 Å². The van der Waals surface area contributed by atoms with Gasteiger partial charge in [0.2, 0.25) is 5.91 Å². The van der Waals surface area contributed by atoms with Crippen LogP contribution in [-0.2, 0) is 9.53 Å². The third kappa shape index (κ3) is 4.95. The molecular formula is C15H19ClN2O2S. The maximum Gasteiger partial charge on any atom is 0.224 e. The van der Waals surface area contributed by atoms with E-state index in [4.69, 9.17) is 34.3 Å². The molecule has 1 amide bonds. The van der Waals surface area contributed by atoms with Crippen molar-refractivity contribution in [3.8, 4) is 0 Å². The molecule has 0 bridgehead atoms. The first-order valence-corrected chi connectivity index (χ1v) is 7.85. The fraction of sp³-hybridized carbons (Fsp3) is 0.467. The van der Waals surface area contributed by atoms with Gasteiger partial charge in [0.15, 0.2) is 0 Å². The summed E-state index contributed by atoms with van der Waals surface area (Å²) in [5.74, 6) is -0.0610. The van der Waals surface area contributed by atoms with Gasteiger partial charge in [-0.15, -0.1) is 0 Å². The molecule has 1 fully saturated rings. The Hall–Kier alpha value is -1.17. The Labute approximate surface area is 135 Å². The van der Waals surface area contributed by atoms with Crippen molar-refractivity contribution in [2.75, 3.05) is 11.9 Å². The predicted octanol–water partition coefficient (Wildman–Crippen LogP) is 3.26. The van der Waals surface area contributed by atoms with Crippen LogP contribution in [0, 0.1) is 0 Å². The van der Waals surface area contributed by atoms with E-state index < -0.39 is 0 Å². The SMILES string of the molecule is NC(=S)c1ccc(NC(=O)CCC2CCCCO2)c(Cl)c1. The Bertz CT molecular complexity index is 530. The van der Waals surface area contributed by atoms with Crippen molar-refractivity contribution in [1.82, 2.24) is 0 Å². The van der Waals surface area contributed by atoms with Crippen LogP contribution in [0.15, 0.2) is 18.2 Å². The summed E-state index contributed by atoms with van der Waals surface area (Å²) in [7, 11) is 0. The van der Waals surface area contributed by atoms with Crippen molar-refractivity contribution in [2.24, 2.45) is 5.73 Å². The van der Waals surface area contributed by atoms with Gasteiger partial charge in [0.1, 0.15) is 4.99 Å². The molecule has 114 valence electrons. The number of thiocarbonyl (C=S) groups is 1. The smallest absolute Gasteiger partial charge is 0.224 e. The maximum atomic E-state index is 12.0. The summed E-state index contributed by atoms with van der Waals surface area (Å²) in [5, 5.41) is 3.24. The lowest BCUT2D eigenvalue weighted by atomic mass is 10.0. The lowest BCUT2D eigenvalue weighted by Crippen LogP contribution is -2.21. The molecule has 0 saturated carbocycles. The van der Waals surface area contributed by atoms with E-state index in [-0.39, 0.29) is 17.0 Å². The molecule has 6 heteroatoms. The zero-order valence-corrected chi connectivity index (χ0v) is 13.3. The molecule has 0 aromatic heterocycles. The monoisotopic (exact) mass is 326 g/mol. The average molecular weight is 327 g/mol. The summed E-state index contributed by atoms with van der Waals surface area (Å²) in [6.45, 7) is 0.804. The van der Waals surface area contributed by atoms with Crippen LogP contribution in [-0.4, -0.2) is 23.6 Å². The van der Waals surface area contributed by atoms with E-state index in [1.54, 1.807) is 18.2 Å². The first kappa shape index (κ1) is 16.2. The van der Waals surface area contributed by atoms with E-state index in [0.717, 1.165) is 25.9 Å². The molecule has 0 aliphatic carbocycles. The van der Waals surface area contributed by atoms with E-state index in [2.05, 4.69) is 5.32 Å². The molecule has 1 aliphatic heterocycles. The molecule has 1 saturated heterocycles. The van der Waals surface area contributed by atoms with Crippen LogP contribution in [0.5, 0.6) is 0 Å². The Morgan fingerprint density at radius 3 is 2.90 bits per heavy atom. The van der Waals surface area contributed by atoms with Crippen molar-refractivity contribution in [3.63, 3.8) is 0 Å². The average Bonchev–Trinajstić information content (AvgIpc) is 2.48. The number of anilines is 1. The second-order valence-electron chi connectivity index (χ2n) is 5.13. The van der Waals surface area contributed by atoms with Crippen LogP contribution in [0.25, 0.3) is 0 Å². The fourth-order valence-electron chi connectivity index (χ4n) is 2.31. The number of hydrogen-bond acceptors (Lipinski definition) is 3. The molecule has 21 heavy (non-hydrogen) atoms. The van der Waals surface area contributed by atoms with Crippen LogP contribution in [0.1, 0.15) is 37.7 Å². The first-order chi connectivity index (χ1) is 10.1. The largest absolute Gasteiger partial charge is 0.389 e. The summed E-state index contributed by atoms with van der Waals surface area (Å²) in [6, 6.07) is 5.11. The van der Waals surface area contributed by atoms with Crippen molar-refractivity contribution >= 4 is 40.4 Å². The van der Waals surface area contributed by atoms with E-state index >= 15 is 0 Å². The number of carbonyl (C=O) groups is 1.